The maximum atomic E-state index is 11.9. The molecule has 0 radical (unpaired) electrons. The van der Waals surface area contributed by atoms with Crippen LogP contribution in [-0.4, -0.2) is 28.7 Å². The molecule has 0 aliphatic heterocycles. The summed E-state index contributed by atoms with van der Waals surface area (Å²) in [5, 5.41) is 8.21. The Balaban J connectivity index is 1.52. The highest BCUT2D eigenvalue weighted by molar-refractivity contribution is 7.90. The van der Waals surface area contributed by atoms with Crippen molar-refractivity contribution in [3.05, 3.63) is 46.8 Å². The van der Waals surface area contributed by atoms with Gasteiger partial charge in [-0.05, 0) is 50.2 Å². The highest BCUT2D eigenvalue weighted by Crippen LogP contribution is 2.33. The molecular weight excluding hydrogens is 324 g/mol. The molecule has 4 rings (SSSR count). The van der Waals surface area contributed by atoms with Crippen molar-refractivity contribution in [2.45, 2.75) is 56.9 Å². The van der Waals surface area contributed by atoms with Gasteiger partial charge in [0.1, 0.15) is 0 Å². The third-order valence-electron chi connectivity index (χ3n) is 4.88. The van der Waals surface area contributed by atoms with E-state index in [1.165, 1.54) is 16.7 Å². The van der Waals surface area contributed by atoms with Gasteiger partial charge in [-0.1, -0.05) is 29.0 Å². The molecule has 2 aromatic rings. The van der Waals surface area contributed by atoms with Crippen LogP contribution in [0, 0.1) is 6.92 Å². The molecule has 1 saturated carbocycles. The summed E-state index contributed by atoms with van der Waals surface area (Å²) in [6.07, 6.45) is 6.67. The molecule has 1 atom stereocenters. The van der Waals surface area contributed by atoms with E-state index in [4.69, 9.17) is 0 Å². The normalized spacial score (nSPS) is 20.8. The molecule has 24 heavy (non-hydrogen) atoms. The van der Waals surface area contributed by atoms with Crippen molar-refractivity contribution >= 4 is 10.0 Å². The summed E-state index contributed by atoms with van der Waals surface area (Å²) in [6.45, 7) is 2.32. The van der Waals surface area contributed by atoms with Crippen LogP contribution in [0.4, 0.5) is 0 Å². The predicted octanol–water partition coefficient (Wildman–Crippen LogP) is 2.09. The molecule has 0 unspecified atom stereocenters. The van der Waals surface area contributed by atoms with Gasteiger partial charge in [0.15, 0.2) is 0 Å². The number of rotatable bonds is 5. The fourth-order valence-electron chi connectivity index (χ4n) is 3.39. The molecule has 0 amide bonds. The maximum Gasteiger partial charge on any atom is 0.214 e. The van der Waals surface area contributed by atoms with E-state index in [-0.39, 0.29) is 17.8 Å². The average Bonchev–Trinajstić information content (AvgIpc) is 3.33. The second-order valence-electron chi connectivity index (χ2n) is 6.87. The zero-order valence-corrected chi connectivity index (χ0v) is 14.6. The van der Waals surface area contributed by atoms with Crippen molar-refractivity contribution in [1.29, 1.82) is 0 Å². The Labute approximate surface area is 142 Å². The van der Waals surface area contributed by atoms with E-state index >= 15 is 0 Å². The smallest absolute Gasteiger partial charge is 0.214 e. The summed E-state index contributed by atoms with van der Waals surface area (Å²) in [4.78, 5) is 0. The first-order valence-electron chi connectivity index (χ1n) is 8.51. The fourth-order valence-corrected chi connectivity index (χ4v) is 4.73. The van der Waals surface area contributed by atoms with Crippen LogP contribution in [0.5, 0.6) is 0 Å². The molecule has 2 aliphatic rings. The monoisotopic (exact) mass is 346 g/mol. The van der Waals surface area contributed by atoms with Crippen molar-refractivity contribution in [2.75, 3.05) is 0 Å². The van der Waals surface area contributed by atoms with Crippen LogP contribution >= 0.6 is 0 Å². The van der Waals surface area contributed by atoms with Crippen LogP contribution in [0.3, 0.4) is 0 Å². The van der Waals surface area contributed by atoms with E-state index in [0.717, 1.165) is 32.1 Å². The molecule has 1 aromatic heterocycles. The van der Waals surface area contributed by atoms with Gasteiger partial charge >= 0.3 is 0 Å². The number of sulfonamides is 1. The Hall–Kier alpha value is -1.73. The van der Waals surface area contributed by atoms with E-state index < -0.39 is 10.0 Å². The quantitative estimate of drug-likeness (QED) is 0.899. The topological polar surface area (TPSA) is 76.9 Å². The minimum absolute atomic E-state index is 0.190. The van der Waals surface area contributed by atoms with Crippen LogP contribution < -0.4 is 4.72 Å². The summed E-state index contributed by atoms with van der Waals surface area (Å²) < 4.78 is 28.3. The minimum atomic E-state index is -3.18. The summed E-state index contributed by atoms with van der Waals surface area (Å²) in [5.41, 5.74) is 4.61. The zero-order valence-electron chi connectivity index (χ0n) is 13.8. The molecule has 1 heterocycles. The zero-order chi connectivity index (χ0) is 16.7. The molecule has 1 N–H and O–H groups in total. The van der Waals surface area contributed by atoms with Crippen LogP contribution in [0.25, 0.3) is 0 Å². The number of nitrogens with zero attached hydrogens (tertiary/aromatic N) is 3. The number of fused-ring (bicyclic) bond motifs is 1. The summed E-state index contributed by atoms with van der Waals surface area (Å²) in [5.74, 6) is 0. The Morgan fingerprint density at radius 2 is 2.12 bits per heavy atom. The minimum Gasteiger partial charge on any atom is -0.245 e. The number of aryl methyl sites for hydroxylation is 2. The highest BCUT2D eigenvalue weighted by Gasteiger charge is 2.35. The first kappa shape index (κ1) is 15.8. The third-order valence-corrected chi connectivity index (χ3v) is 6.77. The fraction of sp³-hybridized carbons (Fsp3) is 0.529. The summed E-state index contributed by atoms with van der Waals surface area (Å²) in [7, 11) is -3.18. The van der Waals surface area contributed by atoms with Crippen LogP contribution in [0.15, 0.2) is 24.4 Å². The van der Waals surface area contributed by atoms with Crippen molar-refractivity contribution in [3.8, 4) is 0 Å². The van der Waals surface area contributed by atoms with Crippen molar-refractivity contribution in [1.82, 2.24) is 19.7 Å². The van der Waals surface area contributed by atoms with Gasteiger partial charge in [0.2, 0.25) is 10.0 Å². The standard InChI is InChI=1S/C17H22N4O2S/c1-12-5-6-13-3-2-4-17(16(13)9-12)21-11-14(19-20-21)10-18-24(22,23)15-7-8-15/h5-6,9,11,15,17-18H,2-4,7-8,10H2,1H3/t17-/m0/s1. The number of hydrogen-bond acceptors (Lipinski definition) is 4. The SMILES string of the molecule is Cc1ccc2c(c1)[C@@H](n1cc(CNS(=O)(=O)C3CC3)nn1)CCC2. The Morgan fingerprint density at radius 3 is 2.92 bits per heavy atom. The van der Waals surface area contributed by atoms with Gasteiger partial charge in [-0.2, -0.15) is 0 Å². The molecule has 1 fully saturated rings. The number of aromatic nitrogens is 3. The lowest BCUT2D eigenvalue weighted by Crippen LogP contribution is -2.26. The lowest BCUT2D eigenvalue weighted by atomic mass is 9.87. The Kier molecular flexibility index (Phi) is 3.92. The average molecular weight is 346 g/mol. The van der Waals surface area contributed by atoms with E-state index in [2.05, 4.69) is 40.2 Å². The lowest BCUT2D eigenvalue weighted by molar-refractivity contribution is 0.440. The molecule has 7 heteroatoms. The van der Waals surface area contributed by atoms with E-state index in [1.807, 2.05) is 10.9 Å². The van der Waals surface area contributed by atoms with Gasteiger partial charge in [0.05, 0.1) is 29.7 Å². The van der Waals surface area contributed by atoms with E-state index in [0.29, 0.717) is 5.69 Å². The number of hydrogen-bond donors (Lipinski definition) is 1. The van der Waals surface area contributed by atoms with Crippen molar-refractivity contribution < 1.29 is 8.42 Å². The predicted molar refractivity (Wildman–Crippen MR) is 91.1 cm³/mol. The van der Waals surface area contributed by atoms with E-state index in [9.17, 15) is 8.42 Å². The van der Waals surface area contributed by atoms with Gasteiger partial charge in [0, 0.05) is 0 Å². The molecule has 2 aliphatic carbocycles. The van der Waals surface area contributed by atoms with Crippen molar-refractivity contribution in [2.24, 2.45) is 0 Å². The largest absolute Gasteiger partial charge is 0.245 e. The second kappa shape index (κ2) is 5.97. The van der Waals surface area contributed by atoms with Gasteiger partial charge in [-0.25, -0.2) is 17.8 Å². The lowest BCUT2D eigenvalue weighted by Gasteiger charge is -2.25. The molecule has 1 aromatic carbocycles. The molecular formula is C17H22N4O2S. The molecule has 0 saturated heterocycles. The Bertz CT molecular complexity index is 855. The van der Waals surface area contributed by atoms with Gasteiger partial charge in [-0.3, -0.25) is 0 Å². The van der Waals surface area contributed by atoms with Crippen molar-refractivity contribution in [3.63, 3.8) is 0 Å². The summed E-state index contributed by atoms with van der Waals surface area (Å²) in [6, 6.07) is 6.78. The number of benzene rings is 1. The van der Waals surface area contributed by atoms with E-state index in [1.54, 1.807) is 0 Å². The molecule has 0 bridgehead atoms. The van der Waals surface area contributed by atoms with Crippen LogP contribution in [-0.2, 0) is 23.0 Å². The van der Waals surface area contributed by atoms with Crippen LogP contribution in [0.2, 0.25) is 0 Å². The highest BCUT2D eigenvalue weighted by atomic mass is 32.2. The first-order valence-corrected chi connectivity index (χ1v) is 10.1. The third kappa shape index (κ3) is 3.10. The maximum absolute atomic E-state index is 11.9. The molecule has 0 spiro atoms. The number of nitrogens with one attached hydrogen (secondary N) is 1. The molecule has 6 nitrogen and oxygen atoms in total. The Morgan fingerprint density at radius 1 is 1.29 bits per heavy atom. The van der Waals surface area contributed by atoms with Gasteiger partial charge < -0.3 is 0 Å². The van der Waals surface area contributed by atoms with Gasteiger partial charge in [0.25, 0.3) is 0 Å². The van der Waals surface area contributed by atoms with Crippen LogP contribution in [0.1, 0.15) is 54.1 Å². The van der Waals surface area contributed by atoms with Gasteiger partial charge in [-0.15, -0.1) is 5.10 Å². The second-order valence-corrected chi connectivity index (χ2v) is 8.91. The molecule has 128 valence electrons. The summed E-state index contributed by atoms with van der Waals surface area (Å²) >= 11 is 0. The first-order chi connectivity index (χ1) is 11.5.